The topological polar surface area (TPSA) is 22.1 Å². The summed E-state index contributed by atoms with van der Waals surface area (Å²) in [6.45, 7) is 4.80. The van der Waals surface area contributed by atoms with Crippen molar-refractivity contribution in [2.75, 3.05) is 0 Å². The molecule has 1 aromatic carbocycles. The molecule has 2 aromatic rings. The minimum atomic E-state index is 0.422. The summed E-state index contributed by atoms with van der Waals surface area (Å²) in [4.78, 5) is 4.30. The fourth-order valence-electron chi connectivity index (χ4n) is 1.75. The molecule has 100 valence electrons. The van der Waals surface area contributed by atoms with Crippen LogP contribution in [0.3, 0.4) is 0 Å². The van der Waals surface area contributed by atoms with E-state index in [1.165, 1.54) is 5.56 Å². The number of halogens is 2. The minimum Gasteiger partial charge on any atom is -0.487 e. The van der Waals surface area contributed by atoms with Crippen molar-refractivity contribution in [2.24, 2.45) is 0 Å². The first-order valence-corrected chi connectivity index (χ1v) is 7.67. The van der Waals surface area contributed by atoms with E-state index in [4.69, 9.17) is 4.74 Å². The van der Waals surface area contributed by atoms with Crippen LogP contribution in [-0.2, 0) is 6.61 Å². The van der Waals surface area contributed by atoms with E-state index in [0.717, 1.165) is 20.4 Å². The zero-order valence-corrected chi connectivity index (χ0v) is 14.0. The second kappa shape index (κ2) is 6.53. The summed E-state index contributed by atoms with van der Waals surface area (Å²) in [6, 6.07) is 10.0. The molecule has 0 N–H and O–H groups in total. The van der Waals surface area contributed by atoms with Gasteiger partial charge in [-0.1, -0.05) is 29.8 Å². The predicted octanol–water partition coefficient (Wildman–Crippen LogP) is 5.31. The van der Waals surface area contributed by atoms with Crippen LogP contribution in [0, 0.1) is 0 Å². The molecule has 0 aliphatic rings. The van der Waals surface area contributed by atoms with E-state index in [9.17, 15) is 0 Å². The number of hydrogen-bond acceptors (Lipinski definition) is 2. The highest BCUT2D eigenvalue weighted by atomic mass is 79.9. The highest BCUT2D eigenvalue weighted by Crippen LogP contribution is 2.30. The van der Waals surface area contributed by atoms with Crippen LogP contribution >= 0.6 is 31.9 Å². The van der Waals surface area contributed by atoms with Gasteiger partial charge in [0.2, 0.25) is 0 Å². The van der Waals surface area contributed by atoms with Crippen LogP contribution in [0.1, 0.15) is 31.0 Å². The van der Waals surface area contributed by atoms with Gasteiger partial charge in [0.1, 0.15) is 12.4 Å². The van der Waals surface area contributed by atoms with Crippen molar-refractivity contribution in [3.63, 3.8) is 0 Å². The second-order valence-corrected chi connectivity index (χ2v) is 6.42. The maximum atomic E-state index is 5.88. The van der Waals surface area contributed by atoms with Crippen molar-refractivity contribution in [2.45, 2.75) is 26.4 Å². The Bertz CT molecular complexity index is 553. The molecule has 2 nitrogen and oxygen atoms in total. The highest BCUT2D eigenvalue weighted by molar-refractivity contribution is 9.10. The average Bonchev–Trinajstić information content (AvgIpc) is 2.39. The predicted molar refractivity (Wildman–Crippen MR) is 84.5 cm³/mol. The van der Waals surface area contributed by atoms with Crippen LogP contribution in [0.25, 0.3) is 0 Å². The molecular weight excluding hydrogens is 370 g/mol. The van der Waals surface area contributed by atoms with E-state index in [1.807, 2.05) is 24.3 Å². The van der Waals surface area contributed by atoms with Crippen LogP contribution in [0.5, 0.6) is 5.75 Å². The molecule has 0 bridgehead atoms. The van der Waals surface area contributed by atoms with Crippen LogP contribution in [0.15, 0.2) is 45.5 Å². The molecule has 0 atom stereocenters. The number of hydrogen-bond donors (Lipinski definition) is 0. The normalized spacial score (nSPS) is 10.8. The third-order valence-corrected chi connectivity index (χ3v) is 3.72. The van der Waals surface area contributed by atoms with E-state index in [1.54, 1.807) is 6.20 Å². The lowest BCUT2D eigenvalue weighted by molar-refractivity contribution is 0.297. The second-order valence-electron chi connectivity index (χ2n) is 4.59. The summed E-state index contributed by atoms with van der Waals surface area (Å²) in [7, 11) is 0. The molecule has 0 fully saturated rings. The van der Waals surface area contributed by atoms with Gasteiger partial charge >= 0.3 is 0 Å². The number of rotatable bonds is 4. The molecular formula is C15H15Br2NO. The van der Waals surface area contributed by atoms with Crippen LogP contribution in [0.2, 0.25) is 0 Å². The third kappa shape index (κ3) is 4.05. The Morgan fingerprint density at radius 3 is 2.47 bits per heavy atom. The largest absolute Gasteiger partial charge is 0.487 e. The van der Waals surface area contributed by atoms with E-state index in [2.05, 4.69) is 56.8 Å². The molecule has 0 saturated carbocycles. The van der Waals surface area contributed by atoms with Gasteiger partial charge in [-0.15, -0.1) is 0 Å². The third-order valence-electron chi connectivity index (χ3n) is 2.76. The van der Waals surface area contributed by atoms with Gasteiger partial charge in [0.05, 0.1) is 5.69 Å². The zero-order chi connectivity index (χ0) is 13.8. The van der Waals surface area contributed by atoms with Gasteiger partial charge in [-0.2, -0.15) is 0 Å². The molecule has 0 radical (unpaired) electrons. The van der Waals surface area contributed by atoms with Crippen molar-refractivity contribution in [3.05, 3.63) is 56.7 Å². The van der Waals surface area contributed by atoms with Crippen molar-refractivity contribution in [1.82, 2.24) is 4.98 Å². The first kappa shape index (κ1) is 14.5. The maximum absolute atomic E-state index is 5.88. The first-order valence-electron chi connectivity index (χ1n) is 6.09. The van der Waals surface area contributed by atoms with Gasteiger partial charge in [0.15, 0.2) is 0 Å². The summed E-state index contributed by atoms with van der Waals surface area (Å²) in [6.07, 6.45) is 1.78. The number of ether oxygens (including phenoxy) is 1. The molecule has 0 unspecified atom stereocenters. The van der Waals surface area contributed by atoms with Gasteiger partial charge in [-0.25, -0.2) is 0 Å². The van der Waals surface area contributed by atoms with Gasteiger partial charge < -0.3 is 4.74 Å². The zero-order valence-electron chi connectivity index (χ0n) is 10.9. The minimum absolute atomic E-state index is 0.422. The summed E-state index contributed by atoms with van der Waals surface area (Å²) >= 11 is 6.87. The van der Waals surface area contributed by atoms with Gasteiger partial charge in [0, 0.05) is 15.1 Å². The maximum Gasteiger partial charge on any atom is 0.130 e. The SMILES string of the molecule is CC(C)c1cc(Br)ccc1OCc1ccc(Br)cn1. The molecule has 19 heavy (non-hydrogen) atoms. The number of benzene rings is 1. The number of nitrogens with zero attached hydrogens (tertiary/aromatic N) is 1. The Balaban J connectivity index is 2.13. The molecule has 0 spiro atoms. The lowest BCUT2D eigenvalue weighted by Gasteiger charge is -2.14. The molecule has 2 rings (SSSR count). The average molecular weight is 385 g/mol. The first-order chi connectivity index (χ1) is 9.06. The Morgan fingerprint density at radius 1 is 1.11 bits per heavy atom. The van der Waals surface area contributed by atoms with E-state index < -0.39 is 0 Å². The smallest absolute Gasteiger partial charge is 0.130 e. The summed E-state index contributed by atoms with van der Waals surface area (Å²) in [5, 5.41) is 0. The molecule has 0 saturated heterocycles. The summed E-state index contributed by atoms with van der Waals surface area (Å²) in [5.41, 5.74) is 2.12. The van der Waals surface area contributed by atoms with E-state index in [-0.39, 0.29) is 0 Å². The monoisotopic (exact) mass is 383 g/mol. The fourth-order valence-corrected chi connectivity index (χ4v) is 2.36. The Morgan fingerprint density at radius 2 is 1.84 bits per heavy atom. The molecule has 1 heterocycles. The van der Waals surface area contributed by atoms with Crippen molar-refractivity contribution >= 4 is 31.9 Å². The number of pyridine rings is 1. The number of aromatic nitrogens is 1. The van der Waals surface area contributed by atoms with Crippen molar-refractivity contribution in [3.8, 4) is 5.75 Å². The van der Waals surface area contributed by atoms with Gasteiger partial charge in [-0.05, 0) is 57.7 Å². The van der Waals surface area contributed by atoms with Gasteiger partial charge in [-0.3, -0.25) is 4.98 Å². The van der Waals surface area contributed by atoms with Gasteiger partial charge in [0.25, 0.3) is 0 Å². The molecule has 0 aliphatic carbocycles. The Hall–Kier alpha value is -0.870. The molecule has 0 amide bonds. The molecule has 4 heteroatoms. The highest BCUT2D eigenvalue weighted by Gasteiger charge is 2.09. The van der Waals surface area contributed by atoms with Crippen LogP contribution in [-0.4, -0.2) is 4.98 Å². The van der Waals surface area contributed by atoms with E-state index >= 15 is 0 Å². The molecule has 1 aromatic heterocycles. The lowest BCUT2D eigenvalue weighted by Crippen LogP contribution is -2.01. The quantitative estimate of drug-likeness (QED) is 0.712. The van der Waals surface area contributed by atoms with Crippen molar-refractivity contribution in [1.29, 1.82) is 0 Å². The summed E-state index contributed by atoms with van der Waals surface area (Å²) in [5.74, 6) is 1.34. The molecule has 0 aliphatic heterocycles. The van der Waals surface area contributed by atoms with E-state index in [0.29, 0.717) is 12.5 Å². The standard InChI is InChI=1S/C15H15Br2NO/c1-10(2)14-7-11(16)4-6-15(14)19-9-13-5-3-12(17)8-18-13/h3-8,10H,9H2,1-2H3. The van der Waals surface area contributed by atoms with Crippen LogP contribution < -0.4 is 4.74 Å². The lowest BCUT2D eigenvalue weighted by atomic mass is 10.0. The Labute approximate surface area is 130 Å². The van der Waals surface area contributed by atoms with Crippen LogP contribution in [0.4, 0.5) is 0 Å². The van der Waals surface area contributed by atoms with Crippen molar-refractivity contribution < 1.29 is 4.74 Å². The Kier molecular flexibility index (Phi) is 4.99. The summed E-state index contributed by atoms with van der Waals surface area (Å²) < 4.78 is 7.93. The fraction of sp³-hybridized carbons (Fsp3) is 0.267.